The van der Waals surface area contributed by atoms with Crippen LogP contribution >= 0.6 is 0 Å². The molecular formula is C16H24O. The van der Waals surface area contributed by atoms with Gasteiger partial charge in [-0.3, -0.25) is 0 Å². The summed E-state index contributed by atoms with van der Waals surface area (Å²) in [5.74, 6) is 0. The Kier molecular flexibility index (Phi) is 4.92. The molecule has 0 atom stereocenters. The van der Waals surface area contributed by atoms with Crippen LogP contribution in [0.2, 0.25) is 0 Å². The van der Waals surface area contributed by atoms with E-state index in [2.05, 4.69) is 45.9 Å². The number of unbranched alkanes of at least 4 members (excludes halogenated alkanes) is 2. The molecule has 1 aromatic rings. The van der Waals surface area contributed by atoms with Crippen LogP contribution in [0.1, 0.15) is 56.7 Å². The maximum atomic E-state index is 10.2. The van der Waals surface area contributed by atoms with E-state index in [1.807, 2.05) is 0 Å². The first-order valence-corrected chi connectivity index (χ1v) is 6.49. The molecule has 0 spiro atoms. The number of carbonyl (C=O) groups excluding carboxylic acids is 1. The zero-order valence-electron chi connectivity index (χ0n) is 11.5. The van der Waals surface area contributed by atoms with Crippen molar-refractivity contribution >= 4 is 6.29 Å². The van der Waals surface area contributed by atoms with E-state index in [9.17, 15) is 4.79 Å². The van der Waals surface area contributed by atoms with Crippen LogP contribution < -0.4 is 0 Å². The molecule has 0 aromatic heterocycles. The van der Waals surface area contributed by atoms with Crippen molar-refractivity contribution in [3.05, 3.63) is 34.9 Å². The Hall–Kier alpha value is -1.11. The van der Waals surface area contributed by atoms with E-state index in [-0.39, 0.29) is 5.41 Å². The second-order valence-electron chi connectivity index (χ2n) is 5.80. The number of aldehydes is 1. The molecule has 1 nitrogen and oxygen atoms in total. The van der Waals surface area contributed by atoms with Gasteiger partial charge in [-0.1, -0.05) is 39.0 Å². The summed E-state index contributed by atoms with van der Waals surface area (Å²) >= 11 is 0. The molecule has 1 rings (SSSR count). The van der Waals surface area contributed by atoms with E-state index in [0.717, 1.165) is 25.5 Å². The quantitative estimate of drug-likeness (QED) is 0.549. The molecule has 0 saturated carbocycles. The highest BCUT2D eigenvalue weighted by atomic mass is 16.1. The van der Waals surface area contributed by atoms with E-state index in [1.54, 1.807) is 0 Å². The van der Waals surface area contributed by atoms with Crippen molar-refractivity contribution in [2.75, 3.05) is 0 Å². The Balaban J connectivity index is 2.67. The van der Waals surface area contributed by atoms with E-state index >= 15 is 0 Å². The summed E-state index contributed by atoms with van der Waals surface area (Å²) < 4.78 is 0. The molecule has 0 saturated heterocycles. The van der Waals surface area contributed by atoms with E-state index in [0.29, 0.717) is 6.42 Å². The van der Waals surface area contributed by atoms with Crippen LogP contribution in [0.5, 0.6) is 0 Å². The maximum Gasteiger partial charge on any atom is 0.119 e. The smallest absolute Gasteiger partial charge is 0.119 e. The molecule has 94 valence electrons. The van der Waals surface area contributed by atoms with Gasteiger partial charge in [-0.2, -0.15) is 0 Å². The van der Waals surface area contributed by atoms with Crippen LogP contribution in [0.25, 0.3) is 0 Å². The molecule has 0 fully saturated rings. The molecule has 0 N–H and O–H groups in total. The highest BCUT2D eigenvalue weighted by molar-refractivity contribution is 5.49. The fraction of sp³-hybridized carbons (Fsp3) is 0.562. The number of benzene rings is 1. The number of carbonyl (C=O) groups is 1. The molecule has 1 aromatic carbocycles. The largest absolute Gasteiger partial charge is 0.303 e. The Bertz CT molecular complexity index is 372. The van der Waals surface area contributed by atoms with Gasteiger partial charge in [0.05, 0.1) is 0 Å². The molecule has 0 aliphatic heterocycles. The minimum atomic E-state index is 0.223. The van der Waals surface area contributed by atoms with Crippen LogP contribution in [-0.2, 0) is 16.6 Å². The first kappa shape index (κ1) is 14.0. The second-order valence-corrected chi connectivity index (χ2v) is 5.80. The standard InChI is InChI=1S/C16H24O/c1-13-12-15(16(2,3)4)10-9-14(13)8-6-5-7-11-17/h9-12H,5-8H2,1-4H3. The lowest BCUT2D eigenvalue weighted by Crippen LogP contribution is -2.11. The first-order chi connectivity index (χ1) is 7.95. The lowest BCUT2D eigenvalue weighted by molar-refractivity contribution is -0.107. The van der Waals surface area contributed by atoms with Gasteiger partial charge in [-0.05, 0) is 48.3 Å². The van der Waals surface area contributed by atoms with Crippen molar-refractivity contribution in [1.82, 2.24) is 0 Å². The Morgan fingerprint density at radius 3 is 2.41 bits per heavy atom. The molecule has 0 amide bonds. The highest BCUT2D eigenvalue weighted by Crippen LogP contribution is 2.24. The third kappa shape index (κ3) is 4.33. The third-order valence-electron chi connectivity index (χ3n) is 3.23. The lowest BCUT2D eigenvalue weighted by Gasteiger charge is -2.20. The normalized spacial score (nSPS) is 11.5. The molecule has 0 bridgehead atoms. The van der Waals surface area contributed by atoms with Gasteiger partial charge in [0, 0.05) is 6.42 Å². The van der Waals surface area contributed by atoms with Gasteiger partial charge in [0.1, 0.15) is 6.29 Å². The molecule has 1 heteroatoms. The Morgan fingerprint density at radius 2 is 1.88 bits per heavy atom. The third-order valence-corrected chi connectivity index (χ3v) is 3.23. The van der Waals surface area contributed by atoms with Gasteiger partial charge in [-0.15, -0.1) is 0 Å². The van der Waals surface area contributed by atoms with E-state index < -0.39 is 0 Å². The number of rotatable bonds is 5. The fourth-order valence-corrected chi connectivity index (χ4v) is 1.99. The van der Waals surface area contributed by atoms with E-state index in [4.69, 9.17) is 0 Å². The van der Waals surface area contributed by atoms with Gasteiger partial charge < -0.3 is 4.79 Å². The summed E-state index contributed by atoms with van der Waals surface area (Å²) in [6.07, 6.45) is 4.90. The van der Waals surface area contributed by atoms with Gasteiger partial charge in [0.15, 0.2) is 0 Å². The van der Waals surface area contributed by atoms with Crippen molar-refractivity contribution in [2.45, 2.75) is 58.8 Å². The van der Waals surface area contributed by atoms with Crippen LogP contribution in [0.15, 0.2) is 18.2 Å². The first-order valence-electron chi connectivity index (χ1n) is 6.49. The summed E-state index contributed by atoms with van der Waals surface area (Å²) in [7, 11) is 0. The van der Waals surface area contributed by atoms with Crippen LogP contribution in [0, 0.1) is 6.92 Å². The summed E-state index contributed by atoms with van der Waals surface area (Å²) in [4.78, 5) is 10.2. The van der Waals surface area contributed by atoms with Crippen molar-refractivity contribution in [3.8, 4) is 0 Å². The van der Waals surface area contributed by atoms with Crippen molar-refractivity contribution in [3.63, 3.8) is 0 Å². The number of hydrogen-bond acceptors (Lipinski definition) is 1. The van der Waals surface area contributed by atoms with Crippen LogP contribution in [0.3, 0.4) is 0 Å². The van der Waals surface area contributed by atoms with Crippen molar-refractivity contribution in [1.29, 1.82) is 0 Å². The summed E-state index contributed by atoms with van der Waals surface area (Å²) in [6.45, 7) is 8.91. The monoisotopic (exact) mass is 232 g/mol. The maximum absolute atomic E-state index is 10.2. The molecule has 0 aliphatic carbocycles. The summed E-state index contributed by atoms with van der Waals surface area (Å²) in [6, 6.07) is 6.79. The van der Waals surface area contributed by atoms with E-state index in [1.165, 1.54) is 16.7 Å². The van der Waals surface area contributed by atoms with Gasteiger partial charge in [0.2, 0.25) is 0 Å². The molecule has 17 heavy (non-hydrogen) atoms. The minimum absolute atomic E-state index is 0.223. The SMILES string of the molecule is Cc1cc(C(C)(C)C)ccc1CCCCC=O. The van der Waals surface area contributed by atoms with Gasteiger partial charge in [0.25, 0.3) is 0 Å². The molecule has 0 aliphatic rings. The second kappa shape index (κ2) is 6.00. The average molecular weight is 232 g/mol. The van der Waals surface area contributed by atoms with Gasteiger partial charge >= 0.3 is 0 Å². The predicted octanol–water partition coefficient (Wildman–Crippen LogP) is 4.20. The van der Waals surface area contributed by atoms with Gasteiger partial charge in [-0.25, -0.2) is 0 Å². The average Bonchev–Trinajstić information content (AvgIpc) is 2.24. The van der Waals surface area contributed by atoms with Crippen molar-refractivity contribution < 1.29 is 4.79 Å². The lowest BCUT2D eigenvalue weighted by atomic mass is 9.85. The zero-order valence-corrected chi connectivity index (χ0v) is 11.5. The summed E-state index contributed by atoms with van der Waals surface area (Å²) in [5.41, 5.74) is 4.42. The number of hydrogen-bond donors (Lipinski definition) is 0. The van der Waals surface area contributed by atoms with Crippen molar-refractivity contribution in [2.24, 2.45) is 0 Å². The molecule has 0 heterocycles. The summed E-state index contributed by atoms with van der Waals surface area (Å²) in [5, 5.41) is 0. The zero-order chi connectivity index (χ0) is 12.9. The molecular weight excluding hydrogens is 208 g/mol. The van der Waals surface area contributed by atoms with Crippen LogP contribution in [0.4, 0.5) is 0 Å². The van der Waals surface area contributed by atoms with Crippen LogP contribution in [-0.4, -0.2) is 6.29 Å². The predicted molar refractivity (Wildman–Crippen MR) is 73.5 cm³/mol. The number of aryl methyl sites for hydroxylation is 2. The fourth-order valence-electron chi connectivity index (χ4n) is 1.99. The highest BCUT2D eigenvalue weighted by Gasteiger charge is 2.14. The Morgan fingerprint density at radius 1 is 1.18 bits per heavy atom. The molecule has 0 unspecified atom stereocenters. The molecule has 0 radical (unpaired) electrons. The topological polar surface area (TPSA) is 17.1 Å². The minimum Gasteiger partial charge on any atom is -0.303 e. The Labute approximate surface area is 105 Å².